The van der Waals surface area contributed by atoms with Crippen molar-refractivity contribution in [2.45, 2.75) is 26.8 Å². The summed E-state index contributed by atoms with van der Waals surface area (Å²) in [7, 11) is 1.65. The number of nitrogens with zero attached hydrogens (tertiary/aromatic N) is 1. The number of nitrogens with one attached hydrogen (secondary N) is 1. The number of aromatic nitrogens is 1. The summed E-state index contributed by atoms with van der Waals surface area (Å²) >= 11 is 1.58. The van der Waals surface area contributed by atoms with Crippen LogP contribution in [0.1, 0.15) is 26.0 Å². The number of ether oxygens (including phenoxy) is 1. The fourth-order valence-corrected chi connectivity index (χ4v) is 2.71. The van der Waals surface area contributed by atoms with E-state index in [9.17, 15) is 4.79 Å². The highest BCUT2D eigenvalue weighted by molar-refractivity contribution is 7.13. The number of methoxy groups -OCH3 is 1. The number of thiazole rings is 1. The molecule has 0 aliphatic rings. The van der Waals surface area contributed by atoms with Crippen LogP contribution in [0, 0.1) is 5.92 Å². The van der Waals surface area contributed by atoms with E-state index in [1.54, 1.807) is 18.4 Å². The fraction of sp³-hybridized carbons (Fsp3) is 0.375. The largest absolute Gasteiger partial charge is 0.497 e. The molecule has 1 heterocycles. The summed E-state index contributed by atoms with van der Waals surface area (Å²) in [6, 6.07) is 7.80. The van der Waals surface area contributed by atoms with Crippen molar-refractivity contribution in [3.05, 3.63) is 35.3 Å². The van der Waals surface area contributed by atoms with Crippen LogP contribution in [0.15, 0.2) is 29.6 Å². The monoisotopic (exact) mass is 304 g/mol. The molecule has 2 rings (SSSR count). The van der Waals surface area contributed by atoms with Crippen LogP contribution < -0.4 is 10.1 Å². The highest BCUT2D eigenvalue weighted by Gasteiger charge is 2.08. The molecule has 0 unspecified atom stereocenters. The van der Waals surface area contributed by atoms with Crippen LogP contribution in [-0.2, 0) is 11.3 Å². The van der Waals surface area contributed by atoms with E-state index in [0.717, 1.165) is 22.0 Å². The number of hydrogen-bond acceptors (Lipinski definition) is 4. The molecule has 0 radical (unpaired) electrons. The molecule has 4 nitrogen and oxygen atoms in total. The number of hydrogen-bond donors (Lipinski definition) is 1. The van der Waals surface area contributed by atoms with Gasteiger partial charge in [0, 0.05) is 17.4 Å². The third-order valence-corrected chi connectivity index (χ3v) is 3.89. The van der Waals surface area contributed by atoms with Crippen LogP contribution in [0.5, 0.6) is 5.75 Å². The molecule has 1 amide bonds. The second kappa shape index (κ2) is 7.22. The molecule has 0 saturated carbocycles. The van der Waals surface area contributed by atoms with Crippen LogP contribution in [0.4, 0.5) is 0 Å². The van der Waals surface area contributed by atoms with Crippen molar-refractivity contribution in [3.63, 3.8) is 0 Å². The first-order valence-electron chi connectivity index (χ1n) is 6.94. The van der Waals surface area contributed by atoms with Crippen molar-refractivity contribution in [1.82, 2.24) is 10.3 Å². The standard InChI is InChI=1S/C16H20N2O2S/c1-11(2)8-15(19)17-9-13-10-21-16(18-13)12-4-6-14(20-3)7-5-12/h4-7,10-11H,8-9H2,1-3H3,(H,17,19). The van der Waals surface area contributed by atoms with E-state index in [0.29, 0.717) is 18.9 Å². The topological polar surface area (TPSA) is 51.2 Å². The van der Waals surface area contributed by atoms with E-state index in [-0.39, 0.29) is 5.91 Å². The maximum Gasteiger partial charge on any atom is 0.220 e. The van der Waals surface area contributed by atoms with Gasteiger partial charge in [0.1, 0.15) is 10.8 Å². The lowest BCUT2D eigenvalue weighted by atomic mass is 10.1. The van der Waals surface area contributed by atoms with Gasteiger partial charge in [-0.1, -0.05) is 13.8 Å². The second-order valence-electron chi connectivity index (χ2n) is 5.25. The van der Waals surface area contributed by atoms with E-state index < -0.39 is 0 Å². The third-order valence-electron chi connectivity index (χ3n) is 2.95. The Morgan fingerprint density at radius 3 is 2.67 bits per heavy atom. The summed E-state index contributed by atoms with van der Waals surface area (Å²) in [4.78, 5) is 16.2. The predicted molar refractivity (Wildman–Crippen MR) is 85.4 cm³/mol. The molecule has 5 heteroatoms. The molecule has 1 N–H and O–H groups in total. The van der Waals surface area contributed by atoms with Gasteiger partial charge < -0.3 is 10.1 Å². The summed E-state index contributed by atoms with van der Waals surface area (Å²) in [5.74, 6) is 1.27. The molecule has 0 bridgehead atoms. The van der Waals surface area contributed by atoms with Gasteiger partial charge in [-0.2, -0.15) is 0 Å². The first-order valence-corrected chi connectivity index (χ1v) is 7.82. The average molecular weight is 304 g/mol. The van der Waals surface area contributed by atoms with Gasteiger partial charge in [0.25, 0.3) is 0 Å². The zero-order chi connectivity index (χ0) is 15.2. The summed E-state index contributed by atoms with van der Waals surface area (Å²) in [6.45, 7) is 4.55. The Bertz CT molecular complexity index is 591. The number of rotatable bonds is 6. The minimum Gasteiger partial charge on any atom is -0.497 e. The van der Waals surface area contributed by atoms with Crippen LogP contribution in [0.3, 0.4) is 0 Å². The Morgan fingerprint density at radius 1 is 1.33 bits per heavy atom. The molecule has 112 valence electrons. The first kappa shape index (κ1) is 15.5. The maximum absolute atomic E-state index is 11.6. The van der Waals surface area contributed by atoms with Crippen LogP contribution in [0.2, 0.25) is 0 Å². The smallest absolute Gasteiger partial charge is 0.220 e. The lowest BCUT2D eigenvalue weighted by Crippen LogP contribution is -2.24. The van der Waals surface area contributed by atoms with Gasteiger partial charge in [-0.25, -0.2) is 4.98 Å². The van der Waals surface area contributed by atoms with Crippen LogP contribution >= 0.6 is 11.3 Å². The van der Waals surface area contributed by atoms with Gasteiger partial charge in [0.05, 0.1) is 19.3 Å². The van der Waals surface area contributed by atoms with Crippen molar-refractivity contribution in [2.24, 2.45) is 5.92 Å². The van der Waals surface area contributed by atoms with E-state index >= 15 is 0 Å². The molecule has 0 fully saturated rings. The second-order valence-corrected chi connectivity index (χ2v) is 6.11. The van der Waals surface area contributed by atoms with E-state index in [1.165, 1.54) is 0 Å². The van der Waals surface area contributed by atoms with Gasteiger partial charge in [-0.3, -0.25) is 4.79 Å². The Morgan fingerprint density at radius 2 is 2.05 bits per heavy atom. The molecule has 0 aliphatic heterocycles. The third kappa shape index (κ3) is 4.56. The lowest BCUT2D eigenvalue weighted by Gasteiger charge is -2.05. The highest BCUT2D eigenvalue weighted by Crippen LogP contribution is 2.25. The number of carbonyl (C=O) groups excluding carboxylic acids is 1. The minimum atomic E-state index is 0.0731. The molecule has 0 spiro atoms. The lowest BCUT2D eigenvalue weighted by molar-refractivity contribution is -0.121. The highest BCUT2D eigenvalue weighted by atomic mass is 32.1. The number of amides is 1. The van der Waals surface area contributed by atoms with Crippen molar-refractivity contribution in [1.29, 1.82) is 0 Å². The zero-order valence-electron chi connectivity index (χ0n) is 12.6. The Kier molecular flexibility index (Phi) is 5.33. The van der Waals surface area contributed by atoms with Gasteiger partial charge >= 0.3 is 0 Å². The Balaban J connectivity index is 1.96. The summed E-state index contributed by atoms with van der Waals surface area (Å²) in [5, 5.41) is 5.83. The van der Waals surface area contributed by atoms with Gasteiger partial charge in [0.2, 0.25) is 5.91 Å². The Labute approximate surface area is 129 Å². The number of carbonyl (C=O) groups is 1. The SMILES string of the molecule is COc1ccc(-c2nc(CNC(=O)CC(C)C)cs2)cc1. The van der Waals surface area contributed by atoms with Crippen LogP contribution in [-0.4, -0.2) is 18.0 Å². The fourth-order valence-electron chi connectivity index (χ4n) is 1.89. The number of benzene rings is 1. The van der Waals surface area contributed by atoms with E-state index in [4.69, 9.17) is 4.74 Å². The van der Waals surface area contributed by atoms with Crippen molar-refractivity contribution < 1.29 is 9.53 Å². The molecule has 21 heavy (non-hydrogen) atoms. The van der Waals surface area contributed by atoms with Crippen molar-refractivity contribution in [3.8, 4) is 16.3 Å². The van der Waals surface area contributed by atoms with Gasteiger partial charge in [0.15, 0.2) is 0 Å². The molecule has 1 aromatic carbocycles. The van der Waals surface area contributed by atoms with Gasteiger partial charge in [-0.05, 0) is 30.2 Å². The zero-order valence-corrected chi connectivity index (χ0v) is 13.4. The van der Waals surface area contributed by atoms with Gasteiger partial charge in [-0.15, -0.1) is 11.3 Å². The molecular formula is C16H20N2O2S. The van der Waals surface area contributed by atoms with Crippen molar-refractivity contribution >= 4 is 17.2 Å². The molecule has 2 aromatic rings. The molecule has 0 atom stereocenters. The summed E-state index contributed by atoms with van der Waals surface area (Å²) in [6.07, 6.45) is 0.551. The van der Waals surface area contributed by atoms with E-state index in [2.05, 4.69) is 10.3 Å². The van der Waals surface area contributed by atoms with E-state index in [1.807, 2.05) is 43.5 Å². The molecular weight excluding hydrogens is 284 g/mol. The molecule has 1 aromatic heterocycles. The molecule has 0 saturated heterocycles. The molecule has 0 aliphatic carbocycles. The summed E-state index contributed by atoms with van der Waals surface area (Å²) in [5.41, 5.74) is 1.95. The maximum atomic E-state index is 11.6. The van der Waals surface area contributed by atoms with Crippen LogP contribution in [0.25, 0.3) is 10.6 Å². The minimum absolute atomic E-state index is 0.0731. The Hall–Kier alpha value is -1.88. The van der Waals surface area contributed by atoms with Crippen molar-refractivity contribution in [2.75, 3.05) is 7.11 Å². The predicted octanol–water partition coefficient (Wildman–Crippen LogP) is 3.48. The first-order chi connectivity index (χ1) is 10.1. The normalized spacial score (nSPS) is 10.7. The average Bonchev–Trinajstić information content (AvgIpc) is 2.93. The quantitative estimate of drug-likeness (QED) is 0.889. The summed E-state index contributed by atoms with van der Waals surface area (Å²) < 4.78 is 5.14.